The summed E-state index contributed by atoms with van der Waals surface area (Å²) in [6, 6.07) is 0. The summed E-state index contributed by atoms with van der Waals surface area (Å²) >= 11 is 0. The molecule has 0 saturated carbocycles. The van der Waals surface area contributed by atoms with E-state index < -0.39 is 41.8 Å². The maximum atomic E-state index is 12.7. The minimum Gasteiger partial charge on any atom is -0.459 e. The molecule has 1 aliphatic rings. The lowest BCUT2D eigenvalue weighted by molar-refractivity contribution is -0.147. The number of carbonyl (C=O) groups excluding carboxylic acids is 2. The Hall–Kier alpha value is -2.06. The first-order chi connectivity index (χ1) is 16.6. The van der Waals surface area contributed by atoms with Gasteiger partial charge in [-0.05, 0) is 77.4 Å². The number of hydrogen-bond donors (Lipinski definition) is 4. The Labute approximate surface area is 216 Å². The molecule has 1 rings (SSSR count). The number of carbonyl (C=O) groups is 2. The average molecular weight is 507 g/mol. The Balaban J connectivity index is 3.30. The first-order valence-electron chi connectivity index (χ1n) is 12.8. The zero-order chi connectivity index (χ0) is 27.6. The molecule has 0 saturated heterocycles. The minimum absolute atomic E-state index is 0.108. The van der Waals surface area contributed by atoms with Crippen molar-refractivity contribution < 1.29 is 34.8 Å². The minimum atomic E-state index is -1.72. The molecule has 1 aliphatic heterocycles. The molecule has 0 aromatic carbocycles. The molecule has 0 spiro atoms. The Morgan fingerprint density at radius 2 is 1.72 bits per heavy atom. The molecule has 0 fully saturated rings. The molecule has 204 valence electrons. The van der Waals surface area contributed by atoms with Crippen molar-refractivity contribution in [1.82, 2.24) is 0 Å². The summed E-state index contributed by atoms with van der Waals surface area (Å²) in [5, 5.41) is 41.5. The van der Waals surface area contributed by atoms with E-state index in [2.05, 4.69) is 0 Å². The van der Waals surface area contributed by atoms with Crippen molar-refractivity contribution in [3.63, 3.8) is 0 Å². The summed E-state index contributed by atoms with van der Waals surface area (Å²) in [6.07, 6.45) is 7.92. The number of esters is 1. The Morgan fingerprint density at radius 3 is 2.33 bits per heavy atom. The first kappa shape index (κ1) is 32.0. The molecule has 4 N–H and O–H groups in total. The summed E-state index contributed by atoms with van der Waals surface area (Å²) in [6.45, 7) is 12.2. The third kappa shape index (κ3) is 10.9. The van der Waals surface area contributed by atoms with E-state index in [1.807, 2.05) is 13.8 Å². The summed E-state index contributed by atoms with van der Waals surface area (Å²) in [5.74, 6) is -1.61. The molecular formula is C29H46O7. The standard InChI is InChI=1S/C29H46O7/c1-18-14-24(31)11-8-12-25(32)22(5)20(3)17-28(34)36-26(16-21(4)23(6)30)19(2)10-9-13-29(7,35)27(33)15-18/h8-9,12-13,15,17,19,21-26,30-32,35H,10-11,14,16H2,1-7H3. The van der Waals surface area contributed by atoms with Crippen LogP contribution in [0.15, 0.2) is 47.6 Å². The molecule has 8 atom stereocenters. The van der Waals surface area contributed by atoms with Crippen molar-refractivity contribution in [2.24, 2.45) is 17.8 Å². The monoisotopic (exact) mass is 506 g/mol. The quantitative estimate of drug-likeness (QED) is 0.339. The van der Waals surface area contributed by atoms with Gasteiger partial charge in [-0.2, -0.15) is 0 Å². The van der Waals surface area contributed by atoms with Gasteiger partial charge in [0.2, 0.25) is 0 Å². The van der Waals surface area contributed by atoms with Crippen LogP contribution in [0.25, 0.3) is 0 Å². The molecule has 8 unspecified atom stereocenters. The number of rotatable bonds is 3. The second kappa shape index (κ2) is 14.6. The van der Waals surface area contributed by atoms with E-state index in [1.54, 1.807) is 45.9 Å². The third-order valence-electron chi connectivity index (χ3n) is 7.03. The van der Waals surface area contributed by atoms with Crippen LogP contribution in [-0.2, 0) is 14.3 Å². The normalized spacial score (nSPS) is 33.8. The molecule has 0 radical (unpaired) electrons. The van der Waals surface area contributed by atoms with Crippen molar-refractivity contribution in [1.29, 1.82) is 0 Å². The number of allylic oxidation sites excluding steroid dienone is 1. The second-order valence-corrected chi connectivity index (χ2v) is 10.7. The highest BCUT2D eigenvalue weighted by molar-refractivity contribution is 5.98. The topological polar surface area (TPSA) is 124 Å². The highest BCUT2D eigenvalue weighted by atomic mass is 16.5. The number of hydrogen-bond acceptors (Lipinski definition) is 7. The van der Waals surface area contributed by atoms with E-state index in [-0.39, 0.29) is 30.6 Å². The molecule has 0 amide bonds. The highest BCUT2D eigenvalue weighted by Gasteiger charge is 2.28. The van der Waals surface area contributed by atoms with Crippen LogP contribution in [0.3, 0.4) is 0 Å². The molecule has 7 heteroatoms. The van der Waals surface area contributed by atoms with Gasteiger partial charge in [-0.25, -0.2) is 4.79 Å². The molecule has 0 aromatic rings. The molecular weight excluding hydrogens is 460 g/mol. The third-order valence-corrected chi connectivity index (χ3v) is 7.03. The van der Waals surface area contributed by atoms with Gasteiger partial charge in [0.25, 0.3) is 0 Å². The van der Waals surface area contributed by atoms with Gasteiger partial charge in [0, 0.05) is 12.0 Å². The Morgan fingerprint density at radius 1 is 1.08 bits per heavy atom. The average Bonchev–Trinajstić information content (AvgIpc) is 2.76. The largest absolute Gasteiger partial charge is 0.459 e. The van der Waals surface area contributed by atoms with Gasteiger partial charge in [-0.3, -0.25) is 4.79 Å². The maximum absolute atomic E-state index is 12.7. The molecule has 0 aromatic heterocycles. The fourth-order valence-electron chi connectivity index (χ4n) is 3.90. The van der Waals surface area contributed by atoms with E-state index >= 15 is 0 Å². The van der Waals surface area contributed by atoms with Crippen molar-refractivity contribution in [3.05, 3.63) is 47.6 Å². The van der Waals surface area contributed by atoms with Crippen molar-refractivity contribution in [2.45, 2.75) is 104 Å². The molecule has 1 heterocycles. The molecule has 7 nitrogen and oxygen atoms in total. The number of aliphatic hydroxyl groups is 4. The van der Waals surface area contributed by atoms with Crippen molar-refractivity contribution in [3.8, 4) is 0 Å². The van der Waals surface area contributed by atoms with E-state index in [0.29, 0.717) is 24.0 Å². The fourth-order valence-corrected chi connectivity index (χ4v) is 3.90. The van der Waals surface area contributed by atoms with Gasteiger partial charge in [0.15, 0.2) is 5.78 Å². The van der Waals surface area contributed by atoms with Gasteiger partial charge in [0.05, 0.1) is 18.3 Å². The van der Waals surface area contributed by atoms with Gasteiger partial charge < -0.3 is 25.2 Å². The molecule has 36 heavy (non-hydrogen) atoms. The Bertz CT molecular complexity index is 850. The zero-order valence-electron chi connectivity index (χ0n) is 22.8. The predicted octanol–water partition coefficient (Wildman–Crippen LogP) is 3.81. The van der Waals surface area contributed by atoms with Crippen LogP contribution >= 0.6 is 0 Å². The molecule has 0 aliphatic carbocycles. The van der Waals surface area contributed by atoms with Gasteiger partial charge >= 0.3 is 5.97 Å². The van der Waals surface area contributed by atoms with Crippen LogP contribution in [0.2, 0.25) is 0 Å². The van der Waals surface area contributed by atoms with Gasteiger partial charge in [-0.1, -0.05) is 50.1 Å². The van der Waals surface area contributed by atoms with E-state index in [9.17, 15) is 30.0 Å². The smallest absolute Gasteiger partial charge is 0.330 e. The number of ether oxygens (including phenoxy) is 1. The summed E-state index contributed by atoms with van der Waals surface area (Å²) in [7, 11) is 0. The lowest BCUT2D eigenvalue weighted by Gasteiger charge is -2.27. The van der Waals surface area contributed by atoms with Crippen LogP contribution in [0.4, 0.5) is 0 Å². The second-order valence-electron chi connectivity index (χ2n) is 10.7. The zero-order valence-corrected chi connectivity index (χ0v) is 22.8. The van der Waals surface area contributed by atoms with Crippen LogP contribution in [0.5, 0.6) is 0 Å². The van der Waals surface area contributed by atoms with E-state index in [0.717, 1.165) is 0 Å². The highest BCUT2D eigenvalue weighted by Crippen LogP contribution is 2.24. The summed E-state index contributed by atoms with van der Waals surface area (Å²) in [4.78, 5) is 25.4. The van der Waals surface area contributed by atoms with Crippen molar-refractivity contribution >= 4 is 11.8 Å². The number of cyclic esters (lactones) is 1. The maximum Gasteiger partial charge on any atom is 0.330 e. The van der Waals surface area contributed by atoms with Gasteiger partial charge in [0.1, 0.15) is 11.7 Å². The lowest BCUT2D eigenvalue weighted by Crippen LogP contribution is -2.32. The first-order valence-corrected chi connectivity index (χ1v) is 12.8. The number of ketones is 1. The van der Waals surface area contributed by atoms with E-state index in [4.69, 9.17) is 4.74 Å². The van der Waals surface area contributed by atoms with E-state index in [1.165, 1.54) is 25.2 Å². The number of aliphatic hydroxyl groups excluding tert-OH is 3. The predicted molar refractivity (Wildman–Crippen MR) is 141 cm³/mol. The molecule has 0 bridgehead atoms. The van der Waals surface area contributed by atoms with Crippen molar-refractivity contribution in [2.75, 3.05) is 0 Å². The Kier molecular flexibility index (Phi) is 13.0. The fraction of sp³-hybridized carbons (Fsp3) is 0.655. The van der Waals surface area contributed by atoms with Crippen LogP contribution in [0, 0.1) is 17.8 Å². The van der Waals surface area contributed by atoms with Gasteiger partial charge in [-0.15, -0.1) is 0 Å². The van der Waals surface area contributed by atoms with Crippen LogP contribution in [-0.4, -0.2) is 62.2 Å². The van der Waals surface area contributed by atoms with Crippen LogP contribution < -0.4 is 0 Å². The summed E-state index contributed by atoms with van der Waals surface area (Å²) in [5.41, 5.74) is -0.411. The lowest BCUT2D eigenvalue weighted by atomic mass is 9.89. The SMILES string of the molecule is CC1=CC(=O)C(C)(O)C=CCC(C)C(CC(C)C(C)O)OC(=O)C=C(C)C(C)C(O)C=CCC(O)C1. The van der Waals surface area contributed by atoms with Crippen LogP contribution in [0.1, 0.15) is 74.1 Å². The summed E-state index contributed by atoms with van der Waals surface area (Å²) < 4.78 is 5.79.